The van der Waals surface area contributed by atoms with Crippen LogP contribution in [0.25, 0.3) is 0 Å². The molecular weight excluding hydrogens is 338 g/mol. The van der Waals surface area contributed by atoms with Crippen molar-refractivity contribution in [3.63, 3.8) is 0 Å². The molecule has 0 aliphatic carbocycles. The molecule has 2 aromatic rings. The highest BCUT2D eigenvalue weighted by molar-refractivity contribution is 5.80. The molecule has 1 aromatic carbocycles. The molecule has 0 fully saturated rings. The van der Waals surface area contributed by atoms with Crippen molar-refractivity contribution >= 4 is 5.96 Å². The van der Waals surface area contributed by atoms with Crippen LogP contribution >= 0.6 is 0 Å². The summed E-state index contributed by atoms with van der Waals surface area (Å²) in [6.45, 7) is 9.25. The van der Waals surface area contributed by atoms with Gasteiger partial charge in [-0.1, -0.05) is 19.1 Å². The van der Waals surface area contributed by atoms with E-state index in [9.17, 15) is 8.78 Å². The van der Waals surface area contributed by atoms with Crippen molar-refractivity contribution in [2.45, 2.75) is 32.9 Å². The average molecular weight is 362 g/mol. The van der Waals surface area contributed by atoms with Crippen LogP contribution in [0.1, 0.15) is 31.3 Å². The number of hydrogen-bond acceptors (Lipinski definition) is 3. The van der Waals surface area contributed by atoms with E-state index in [0.717, 1.165) is 18.3 Å². The Morgan fingerprint density at radius 3 is 2.88 bits per heavy atom. The molecule has 8 heteroatoms. The number of aryl methyl sites for hydroxylation is 1. The van der Waals surface area contributed by atoms with E-state index >= 15 is 0 Å². The molecule has 0 saturated heterocycles. The van der Waals surface area contributed by atoms with Gasteiger partial charge < -0.3 is 15.2 Å². The highest BCUT2D eigenvalue weighted by Gasteiger charge is 2.11. The summed E-state index contributed by atoms with van der Waals surface area (Å²) in [6.07, 6.45) is 4.20. The Bertz CT molecular complexity index is 756. The van der Waals surface area contributed by atoms with Gasteiger partial charge in [-0.2, -0.15) is 0 Å². The second kappa shape index (κ2) is 9.65. The number of guanidine groups is 1. The minimum atomic E-state index is -0.867. The fraction of sp³-hybridized carbons (Fsp3) is 0.389. The van der Waals surface area contributed by atoms with Crippen molar-refractivity contribution in [3.8, 4) is 0 Å². The van der Waals surface area contributed by atoms with E-state index in [2.05, 4.69) is 32.4 Å². The lowest BCUT2D eigenvalue weighted by atomic mass is 10.1. The summed E-state index contributed by atoms with van der Waals surface area (Å²) in [7, 11) is 0. The molecule has 1 aromatic heterocycles. The summed E-state index contributed by atoms with van der Waals surface area (Å²) in [4.78, 5) is 4.52. The van der Waals surface area contributed by atoms with Crippen LogP contribution in [-0.2, 0) is 13.0 Å². The fourth-order valence-corrected chi connectivity index (χ4v) is 2.40. The molecule has 0 aliphatic rings. The smallest absolute Gasteiger partial charge is 0.192 e. The van der Waals surface area contributed by atoms with Gasteiger partial charge in [-0.15, -0.1) is 16.8 Å². The van der Waals surface area contributed by atoms with Gasteiger partial charge in [-0.05, 0) is 24.6 Å². The lowest BCUT2D eigenvalue weighted by Crippen LogP contribution is -2.39. The first-order valence-corrected chi connectivity index (χ1v) is 8.52. The third-order valence-electron chi connectivity index (χ3n) is 3.83. The van der Waals surface area contributed by atoms with E-state index in [4.69, 9.17) is 0 Å². The van der Waals surface area contributed by atoms with Crippen LogP contribution < -0.4 is 10.6 Å². The Hall–Kier alpha value is -2.77. The molecule has 0 bridgehead atoms. The second-order valence-corrected chi connectivity index (χ2v) is 5.73. The molecule has 0 radical (unpaired) electrons. The first kappa shape index (κ1) is 19.6. The van der Waals surface area contributed by atoms with Gasteiger partial charge in [0.2, 0.25) is 0 Å². The number of nitrogens with zero attached hydrogens (tertiary/aromatic N) is 4. The minimum absolute atomic E-state index is 0.248. The molecule has 0 amide bonds. The van der Waals surface area contributed by atoms with Gasteiger partial charge >= 0.3 is 0 Å². The van der Waals surface area contributed by atoms with Gasteiger partial charge in [0.25, 0.3) is 0 Å². The monoisotopic (exact) mass is 362 g/mol. The summed E-state index contributed by atoms with van der Waals surface area (Å²) in [5.41, 5.74) is 0.629. The van der Waals surface area contributed by atoms with Crippen molar-refractivity contribution < 1.29 is 8.78 Å². The number of aliphatic imine (C=N–C) groups is 1. The predicted molar refractivity (Wildman–Crippen MR) is 97.8 cm³/mol. The van der Waals surface area contributed by atoms with E-state index in [1.54, 1.807) is 18.5 Å². The van der Waals surface area contributed by atoms with Crippen molar-refractivity contribution in [1.29, 1.82) is 0 Å². The Labute approximate surface area is 152 Å². The third kappa shape index (κ3) is 5.37. The van der Waals surface area contributed by atoms with Crippen LogP contribution in [-0.4, -0.2) is 33.8 Å². The molecule has 140 valence electrons. The first-order chi connectivity index (χ1) is 12.5. The highest BCUT2D eigenvalue weighted by atomic mass is 19.2. The molecule has 1 unspecified atom stereocenters. The predicted octanol–water partition coefficient (Wildman–Crippen LogP) is 2.60. The molecule has 1 atom stereocenters. The van der Waals surface area contributed by atoms with Crippen LogP contribution in [0.5, 0.6) is 0 Å². The SMILES string of the molecule is C=CCNC(=NCCn1cnnc1CC)NC(C)c1ccc(F)c(F)c1. The Morgan fingerprint density at radius 1 is 1.38 bits per heavy atom. The molecule has 1 heterocycles. The van der Waals surface area contributed by atoms with Gasteiger partial charge in [-0.25, -0.2) is 8.78 Å². The lowest BCUT2D eigenvalue weighted by Gasteiger charge is -2.18. The van der Waals surface area contributed by atoms with Crippen LogP contribution in [0.2, 0.25) is 0 Å². The summed E-state index contributed by atoms with van der Waals surface area (Å²) >= 11 is 0. The zero-order valence-electron chi connectivity index (χ0n) is 15.0. The Kier molecular flexibility index (Phi) is 7.25. The first-order valence-electron chi connectivity index (χ1n) is 8.52. The zero-order chi connectivity index (χ0) is 18.9. The van der Waals surface area contributed by atoms with E-state index < -0.39 is 11.6 Å². The normalized spacial score (nSPS) is 12.7. The number of nitrogens with one attached hydrogen (secondary N) is 2. The van der Waals surface area contributed by atoms with Gasteiger partial charge in [0.1, 0.15) is 12.2 Å². The molecule has 0 aliphatic heterocycles. The fourth-order valence-electron chi connectivity index (χ4n) is 2.40. The highest BCUT2D eigenvalue weighted by Crippen LogP contribution is 2.15. The molecule has 2 rings (SSSR count). The van der Waals surface area contributed by atoms with Gasteiger partial charge in [0.05, 0.1) is 12.6 Å². The van der Waals surface area contributed by atoms with Gasteiger partial charge in [0, 0.05) is 19.5 Å². The number of halogens is 2. The Balaban J connectivity index is 2.02. The standard InChI is InChI=1S/C18H24F2N6/c1-4-8-21-18(22-9-10-26-12-23-25-17(26)5-2)24-13(3)14-6-7-15(19)16(20)11-14/h4,6-7,11-13H,1,5,8-10H2,2-3H3,(H2,21,22,24). The summed E-state index contributed by atoms with van der Waals surface area (Å²) in [5, 5.41) is 14.2. The number of hydrogen-bond donors (Lipinski definition) is 2. The van der Waals surface area contributed by atoms with E-state index in [-0.39, 0.29) is 6.04 Å². The minimum Gasteiger partial charge on any atom is -0.353 e. The number of aromatic nitrogens is 3. The summed E-state index contributed by atoms with van der Waals surface area (Å²) in [6, 6.07) is 3.60. The van der Waals surface area contributed by atoms with Crippen LogP contribution in [0.3, 0.4) is 0 Å². The largest absolute Gasteiger partial charge is 0.353 e. The second-order valence-electron chi connectivity index (χ2n) is 5.73. The maximum absolute atomic E-state index is 13.4. The van der Waals surface area contributed by atoms with Gasteiger partial charge in [-0.3, -0.25) is 4.99 Å². The van der Waals surface area contributed by atoms with E-state index in [1.807, 2.05) is 18.4 Å². The van der Waals surface area contributed by atoms with Crippen LogP contribution in [0.15, 0.2) is 42.2 Å². The van der Waals surface area contributed by atoms with Gasteiger partial charge in [0.15, 0.2) is 17.6 Å². The molecule has 2 N–H and O–H groups in total. The van der Waals surface area contributed by atoms with E-state index in [0.29, 0.717) is 31.2 Å². The van der Waals surface area contributed by atoms with Crippen molar-refractivity contribution in [2.75, 3.05) is 13.1 Å². The summed E-state index contributed by atoms with van der Waals surface area (Å²) < 4.78 is 28.5. The van der Waals surface area contributed by atoms with E-state index in [1.165, 1.54) is 6.07 Å². The molecule has 6 nitrogen and oxygen atoms in total. The molecule has 0 spiro atoms. The lowest BCUT2D eigenvalue weighted by molar-refractivity contribution is 0.504. The maximum Gasteiger partial charge on any atom is 0.192 e. The van der Waals surface area contributed by atoms with Crippen molar-refractivity contribution in [1.82, 2.24) is 25.4 Å². The zero-order valence-corrected chi connectivity index (χ0v) is 15.0. The quantitative estimate of drug-likeness (QED) is 0.430. The van der Waals surface area contributed by atoms with Crippen LogP contribution in [0.4, 0.5) is 8.78 Å². The van der Waals surface area contributed by atoms with Crippen molar-refractivity contribution in [2.24, 2.45) is 4.99 Å². The molecule has 0 saturated carbocycles. The Morgan fingerprint density at radius 2 is 2.19 bits per heavy atom. The molecular formula is C18H24F2N6. The topological polar surface area (TPSA) is 67.1 Å². The van der Waals surface area contributed by atoms with Crippen molar-refractivity contribution in [3.05, 3.63) is 60.2 Å². The third-order valence-corrected chi connectivity index (χ3v) is 3.83. The molecule has 26 heavy (non-hydrogen) atoms. The maximum atomic E-state index is 13.4. The average Bonchev–Trinajstić information content (AvgIpc) is 3.09. The number of rotatable bonds is 8. The number of benzene rings is 1. The van der Waals surface area contributed by atoms with Crippen LogP contribution in [0, 0.1) is 11.6 Å². The summed E-state index contributed by atoms with van der Waals surface area (Å²) in [5.74, 6) is -0.258.